The number of nitrogens with zero attached hydrogens (tertiary/aromatic N) is 2. The summed E-state index contributed by atoms with van der Waals surface area (Å²) in [6, 6.07) is 14.7. The number of rotatable bonds is 6. The number of aromatic amines is 1. The summed E-state index contributed by atoms with van der Waals surface area (Å²) in [5.74, 6) is 0.667. The van der Waals surface area contributed by atoms with Crippen LogP contribution in [0.15, 0.2) is 53.3 Å². The quantitative estimate of drug-likeness (QED) is 0.696. The van der Waals surface area contributed by atoms with Crippen LogP contribution in [0.2, 0.25) is 5.02 Å². The van der Waals surface area contributed by atoms with Crippen LogP contribution in [0.5, 0.6) is 0 Å². The van der Waals surface area contributed by atoms with Gasteiger partial charge in [0.15, 0.2) is 0 Å². The Morgan fingerprint density at radius 3 is 2.63 bits per heavy atom. The molecule has 5 nitrogen and oxygen atoms in total. The molecule has 1 N–H and O–H groups in total. The molecule has 0 fully saturated rings. The number of carbonyl (C=O) groups excluding carboxylic acids is 1. The number of hydrogen-bond acceptors (Lipinski definition) is 3. The monoisotopic (exact) mass is 383 g/mol. The minimum atomic E-state index is -0.143. The van der Waals surface area contributed by atoms with Crippen molar-refractivity contribution in [3.63, 3.8) is 0 Å². The Hall–Kier alpha value is -2.66. The van der Waals surface area contributed by atoms with E-state index in [1.165, 1.54) is 0 Å². The van der Waals surface area contributed by atoms with Gasteiger partial charge in [0.1, 0.15) is 5.82 Å². The number of hydrogen-bond donors (Lipinski definition) is 1. The SMILES string of the molecule is CC(c1ccc(Cl)cc1)N(C)C(=O)CCCc1nc2ccccc2c(=O)[nH]1. The van der Waals surface area contributed by atoms with Crippen molar-refractivity contribution in [1.82, 2.24) is 14.9 Å². The summed E-state index contributed by atoms with van der Waals surface area (Å²) in [4.78, 5) is 33.6. The maximum absolute atomic E-state index is 12.5. The Morgan fingerprint density at radius 2 is 1.89 bits per heavy atom. The molecule has 0 saturated heterocycles. The van der Waals surface area contributed by atoms with Gasteiger partial charge in [0.2, 0.25) is 5.91 Å². The summed E-state index contributed by atoms with van der Waals surface area (Å²) in [6.07, 6.45) is 1.57. The van der Waals surface area contributed by atoms with Crippen LogP contribution in [0.1, 0.15) is 37.2 Å². The maximum Gasteiger partial charge on any atom is 0.258 e. The molecule has 1 amide bonds. The molecular formula is C21H22ClN3O2. The van der Waals surface area contributed by atoms with Gasteiger partial charge in [-0.05, 0) is 43.2 Å². The van der Waals surface area contributed by atoms with Crippen molar-refractivity contribution in [3.05, 3.63) is 75.3 Å². The molecule has 1 heterocycles. The van der Waals surface area contributed by atoms with Crippen LogP contribution in [-0.4, -0.2) is 27.8 Å². The summed E-state index contributed by atoms with van der Waals surface area (Å²) in [6.45, 7) is 1.99. The molecule has 27 heavy (non-hydrogen) atoms. The molecule has 1 atom stereocenters. The summed E-state index contributed by atoms with van der Waals surface area (Å²) in [5.41, 5.74) is 1.57. The lowest BCUT2D eigenvalue weighted by Gasteiger charge is -2.25. The zero-order valence-corrected chi connectivity index (χ0v) is 16.2. The molecule has 0 radical (unpaired) electrons. The highest BCUT2D eigenvalue weighted by molar-refractivity contribution is 6.30. The van der Waals surface area contributed by atoms with Crippen molar-refractivity contribution < 1.29 is 4.79 Å². The van der Waals surface area contributed by atoms with E-state index in [0.717, 1.165) is 5.56 Å². The highest BCUT2D eigenvalue weighted by atomic mass is 35.5. The highest BCUT2D eigenvalue weighted by Gasteiger charge is 2.17. The molecule has 0 bridgehead atoms. The number of carbonyl (C=O) groups is 1. The van der Waals surface area contributed by atoms with Gasteiger partial charge < -0.3 is 9.88 Å². The van der Waals surface area contributed by atoms with Crippen molar-refractivity contribution in [3.8, 4) is 0 Å². The number of halogens is 1. The zero-order valence-electron chi connectivity index (χ0n) is 15.4. The van der Waals surface area contributed by atoms with E-state index in [1.54, 1.807) is 18.0 Å². The van der Waals surface area contributed by atoms with Crippen molar-refractivity contribution >= 4 is 28.4 Å². The van der Waals surface area contributed by atoms with Gasteiger partial charge in [-0.25, -0.2) is 4.98 Å². The standard InChI is InChI=1S/C21H22ClN3O2/c1-14(15-10-12-16(22)13-11-15)25(2)20(26)9-5-8-19-23-18-7-4-3-6-17(18)21(27)24-19/h3-4,6-7,10-14H,5,8-9H2,1-2H3,(H,23,24,27). The van der Waals surface area contributed by atoms with Crippen molar-refractivity contribution in [1.29, 1.82) is 0 Å². The summed E-state index contributed by atoms with van der Waals surface area (Å²) >= 11 is 5.92. The van der Waals surface area contributed by atoms with E-state index in [4.69, 9.17) is 11.6 Å². The van der Waals surface area contributed by atoms with E-state index in [2.05, 4.69) is 9.97 Å². The third-order valence-corrected chi connectivity index (χ3v) is 5.04. The third-order valence-electron chi connectivity index (χ3n) is 4.79. The average molecular weight is 384 g/mol. The number of amides is 1. The molecule has 0 aliphatic carbocycles. The molecule has 6 heteroatoms. The predicted octanol–water partition coefficient (Wildman–Crippen LogP) is 4.12. The molecule has 3 rings (SSSR count). The summed E-state index contributed by atoms with van der Waals surface area (Å²) < 4.78 is 0. The number of fused-ring (bicyclic) bond motifs is 1. The van der Waals surface area contributed by atoms with Crippen LogP contribution >= 0.6 is 11.6 Å². The van der Waals surface area contributed by atoms with Gasteiger partial charge in [0.25, 0.3) is 5.56 Å². The highest BCUT2D eigenvalue weighted by Crippen LogP contribution is 2.21. The molecule has 0 aliphatic rings. The lowest BCUT2D eigenvalue weighted by Crippen LogP contribution is -2.29. The second-order valence-electron chi connectivity index (χ2n) is 6.62. The van der Waals surface area contributed by atoms with E-state index in [-0.39, 0.29) is 17.5 Å². The Labute approximate surface area is 163 Å². The fourth-order valence-corrected chi connectivity index (χ4v) is 3.14. The van der Waals surface area contributed by atoms with E-state index in [9.17, 15) is 9.59 Å². The Kier molecular flexibility index (Phi) is 5.91. The molecule has 1 unspecified atom stereocenters. The van der Waals surface area contributed by atoms with Crippen LogP contribution in [-0.2, 0) is 11.2 Å². The van der Waals surface area contributed by atoms with Crippen molar-refractivity contribution in [2.75, 3.05) is 7.05 Å². The summed E-state index contributed by atoms with van der Waals surface area (Å²) in [7, 11) is 1.80. The lowest BCUT2D eigenvalue weighted by atomic mass is 10.1. The molecule has 1 aromatic heterocycles. The van der Waals surface area contributed by atoms with Crippen LogP contribution in [0.4, 0.5) is 0 Å². The van der Waals surface area contributed by atoms with E-state index < -0.39 is 0 Å². The number of aryl methyl sites for hydroxylation is 1. The number of para-hydroxylation sites is 1. The Balaban J connectivity index is 1.59. The Bertz CT molecular complexity index is 998. The zero-order chi connectivity index (χ0) is 19.4. The predicted molar refractivity (Wildman–Crippen MR) is 108 cm³/mol. The number of benzene rings is 2. The van der Waals surface area contributed by atoms with Crippen LogP contribution in [0.25, 0.3) is 10.9 Å². The first-order valence-electron chi connectivity index (χ1n) is 8.95. The number of H-pyrrole nitrogens is 1. The first-order chi connectivity index (χ1) is 13.0. The molecule has 140 valence electrons. The fraction of sp³-hybridized carbons (Fsp3) is 0.286. The van der Waals surface area contributed by atoms with Gasteiger partial charge in [-0.15, -0.1) is 0 Å². The number of aromatic nitrogens is 2. The first-order valence-corrected chi connectivity index (χ1v) is 9.32. The van der Waals surface area contributed by atoms with Gasteiger partial charge in [-0.2, -0.15) is 0 Å². The smallest absolute Gasteiger partial charge is 0.258 e. The van der Waals surface area contributed by atoms with Gasteiger partial charge in [-0.3, -0.25) is 9.59 Å². The van der Waals surface area contributed by atoms with Crippen molar-refractivity contribution in [2.45, 2.75) is 32.2 Å². The van der Waals surface area contributed by atoms with Crippen LogP contribution < -0.4 is 5.56 Å². The maximum atomic E-state index is 12.5. The molecule has 0 aliphatic heterocycles. The van der Waals surface area contributed by atoms with E-state index in [0.29, 0.717) is 41.0 Å². The molecular weight excluding hydrogens is 362 g/mol. The molecule has 0 saturated carbocycles. The van der Waals surface area contributed by atoms with Gasteiger partial charge in [-0.1, -0.05) is 35.9 Å². The second-order valence-corrected chi connectivity index (χ2v) is 7.05. The third kappa shape index (κ3) is 4.55. The summed E-state index contributed by atoms with van der Waals surface area (Å²) in [5, 5.41) is 1.26. The fourth-order valence-electron chi connectivity index (χ4n) is 3.02. The first kappa shape index (κ1) is 19.1. The van der Waals surface area contributed by atoms with Gasteiger partial charge in [0, 0.05) is 24.9 Å². The Morgan fingerprint density at radius 1 is 1.19 bits per heavy atom. The largest absolute Gasteiger partial charge is 0.339 e. The van der Waals surface area contributed by atoms with Crippen LogP contribution in [0, 0.1) is 0 Å². The van der Waals surface area contributed by atoms with Gasteiger partial charge >= 0.3 is 0 Å². The lowest BCUT2D eigenvalue weighted by molar-refractivity contribution is -0.131. The molecule has 0 spiro atoms. The molecule has 2 aromatic carbocycles. The molecule has 3 aromatic rings. The van der Waals surface area contributed by atoms with E-state index in [1.807, 2.05) is 49.4 Å². The van der Waals surface area contributed by atoms with Crippen molar-refractivity contribution in [2.24, 2.45) is 0 Å². The normalized spacial score (nSPS) is 12.1. The minimum absolute atomic E-state index is 0.0339. The van der Waals surface area contributed by atoms with Crippen LogP contribution in [0.3, 0.4) is 0 Å². The second kappa shape index (κ2) is 8.35. The number of nitrogens with one attached hydrogen (secondary N) is 1. The minimum Gasteiger partial charge on any atom is -0.339 e. The van der Waals surface area contributed by atoms with E-state index >= 15 is 0 Å². The van der Waals surface area contributed by atoms with Gasteiger partial charge in [0.05, 0.1) is 16.9 Å². The topological polar surface area (TPSA) is 66.1 Å². The average Bonchev–Trinajstić information content (AvgIpc) is 2.67.